The highest BCUT2D eigenvalue weighted by Gasteiger charge is 2.35. The van der Waals surface area contributed by atoms with Crippen molar-refractivity contribution in [2.75, 3.05) is 0 Å². The average Bonchev–Trinajstić information content (AvgIpc) is 2.71. The van der Waals surface area contributed by atoms with E-state index in [1.54, 1.807) is 13.0 Å². The second-order valence-corrected chi connectivity index (χ2v) is 4.49. The van der Waals surface area contributed by atoms with E-state index in [9.17, 15) is 9.59 Å². The van der Waals surface area contributed by atoms with Gasteiger partial charge in [0.05, 0.1) is 5.69 Å². The maximum atomic E-state index is 11.7. The molecule has 0 amide bonds. The lowest BCUT2D eigenvalue weighted by atomic mass is 9.97. The Morgan fingerprint density at radius 1 is 1.53 bits per heavy atom. The number of carbonyl (C=O) groups is 2. The highest BCUT2D eigenvalue weighted by molar-refractivity contribution is 6.03. The van der Waals surface area contributed by atoms with Crippen LogP contribution in [0, 0.1) is 0 Å². The summed E-state index contributed by atoms with van der Waals surface area (Å²) in [5.41, 5.74) is 2.63. The normalized spacial score (nSPS) is 23.0. The van der Waals surface area contributed by atoms with Gasteiger partial charge in [-0.1, -0.05) is 0 Å². The smallest absolute Gasteiger partial charge is 0.181 e. The Morgan fingerprint density at radius 2 is 2.33 bits per heavy atom. The second kappa shape index (κ2) is 2.81. The molecule has 3 heteroatoms. The van der Waals surface area contributed by atoms with Gasteiger partial charge in [0.15, 0.2) is 11.6 Å². The van der Waals surface area contributed by atoms with Gasteiger partial charge >= 0.3 is 0 Å². The first-order chi connectivity index (χ1) is 7.18. The Hall–Kier alpha value is -1.38. The molecule has 78 valence electrons. The van der Waals surface area contributed by atoms with Crippen molar-refractivity contribution in [2.45, 2.75) is 38.6 Å². The zero-order chi connectivity index (χ0) is 10.6. The number of hydrogen-bond acceptors (Lipinski definition) is 2. The van der Waals surface area contributed by atoms with E-state index in [1.165, 1.54) is 0 Å². The molecule has 15 heavy (non-hydrogen) atoms. The van der Waals surface area contributed by atoms with E-state index in [4.69, 9.17) is 0 Å². The molecule has 0 saturated heterocycles. The molecule has 2 aliphatic heterocycles. The van der Waals surface area contributed by atoms with Crippen LogP contribution in [0.1, 0.15) is 58.8 Å². The van der Waals surface area contributed by atoms with Crippen molar-refractivity contribution in [1.82, 2.24) is 4.57 Å². The minimum absolute atomic E-state index is 0.0837. The number of hydrogen-bond donors (Lipinski definition) is 0. The predicted octanol–water partition coefficient (Wildman–Crippen LogP) is 2.15. The van der Waals surface area contributed by atoms with Gasteiger partial charge in [-0.2, -0.15) is 0 Å². The summed E-state index contributed by atoms with van der Waals surface area (Å²) in [5.74, 6) is 0.288. The van der Waals surface area contributed by atoms with E-state index in [2.05, 4.69) is 4.57 Å². The van der Waals surface area contributed by atoms with Crippen LogP contribution in [0.5, 0.6) is 0 Å². The fraction of sp³-hybridized carbons (Fsp3) is 0.500. The molecular formula is C12H13NO2. The molecular weight excluding hydrogens is 190 g/mol. The molecule has 0 radical (unpaired) electrons. The van der Waals surface area contributed by atoms with Gasteiger partial charge in [0.1, 0.15) is 0 Å². The number of Topliss-reactive ketones (excluding diaryl/α,β-unsaturated/α-hetero) is 2. The van der Waals surface area contributed by atoms with Gasteiger partial charge in [-0.25, -0.2) is 0 Å². The summed E-state index contributed by atoms with van der Waals surface area (Å²) in [4.78, 5) is 23.2. The number of rotatable bonds is 1. The summed E-state index contributed by atoms with van der Waals surface area (Å²) in [7, 11) is 0. The monoisotopic (exact) mass is 203 g/mol. The number of carbonyl (C=O) groups excluding carboxylic acids is 2. The van der Waals surface area contributed by atoms with Crippen molar-refractivity contribution in [1.29, 1.82) is 0 Å². The third-order valence-corrected chi connectivity index (χ3v) is 3.54. The Labute approximate surface area is 88.1 Å². The Bertz CT molecular complexity index is 469. The first kappa shape index (κ1) is 8.89. The molecule has 1 aromatic heterocycles. The van der Waals surface area contributed by atoms with Gasteiger partial charge in [0, 0.05) is 23.7 Å². The third kappa shape index (κ3) is 1.06. The predicted molar refractivity (Wildman–Crippen MR) is 55.4 cm³/mol. The van der Waals surface area contributed by atoms with Crippen LogP contribution in [0.2, 0.25) is 0 Å². The standard InChI is InChI=1S/C12H13NO2/c1-7(14)9-6-11-12(15)5-8-3-2-4-10(9)13(8)11/h6,8H,2-5H2,1H3/t8-/m1/s1. The zero-order valence-corrected chi connectivity index (χ0v) is 8.75. The van der Waals surface area contributed by atoms with Crippen LogP contribution in [0.3, 0.4) is 0 Å². The van der Waals surface area contributed by atoms with Gasteiger partial charge in [-0.3, -0.25) is 9.59 Å². The van der Waals surface area contributed by atoms with Gasteiger partial charge in [0.2, 0.25) is 0 Å². The van der Waals surface area contributed by atoms with Gasteiger partial charge in [-0.05, 0) is 32.3 Å². The van der Waals surface area contributed by atoms with Crippen LogP contribution in [-0.2, 0) is 6.42 Å². The van der Waals surface area contributed by atoms with Crippen molar-refractivity contribution in [3.05, 3.63) is 23.0 Å². The van der Waals surface area contributed by atoms with Crippen molar-refractivity contribution in [2.24, 2.45) is 0 Å². The second-order valence-electron chi connectivity index (χ2n) is 4.49. The quantitative estimate of drug-likeness (QED) is 0.656. The molecule has 0 aromatic carbocycles. The molecule has 0 spiro atoms. The van der Waals surface area contributed by atoms with Gasteiger partial charge in [-0.15, -0.1) is 0 Å². The lowest BCUT2D eigenvalue weighted by Gasteiger charge is -2.22. The molecule has 1 aromatic rings. The summed E-state index contributed by atoms with van der Waals surface area (Å²) >= 11 is 0. The van der Waals surface area contributed by atoms with E-state index in [1.807, 2.05) is 0 Å². The molecule has 0 unspecified atom stereocenters. The summed E-state index contributed by atoms with van der Waals surface area (Å²) < 4.78 is 2.11. The molecule has 2 aliphatic rings. The van der Waals surface area contributed by atoms with Crippen LogP contribution in [0.4, 0.5) is 0 Å². The minimum atomic E-state index is 0.0837. The highest BCUT2D eigenvalue weighted by atomic mass is 16.1. The minimum Gasteiger partial charge on any atom is -0.338 e. The summed E-state index contributed by atoms with van der Waals surface area (Å²) in [6, 6.07) is 2.13. The fourth-order valence-corrected chi connectivity index (χ4v) is 2.90. The molecule has 0 N–H and O–H groups in total. The van der Waals surface area contributed by atoms with E-state index in [0.29, 0.717) is 12.5 Å². The van der Waals surface area contributed by atoms with Crippen LogP contribution >= 0.6 is 0 Å². The molecule has 3 rings (SSSR count). The number of nitrogens with zero attached hydrogens (tertiary/aromatic N) is 1. The Morgan fingerprint density at radius 3 is 3.07 bits per heavy atom. The number of aromatic nitrogens is 1. The van der Waals surface area contributed by atoms with E-state index >= 15 is 0 Å². The van der Waals surface area contributed by atoms with Gasteiger partial charge in [0.25, 0.3) is 0 Å². The molecule has 0 bridgehead atoms. The maximum Gasteiger partial charge on any atom is 0.181 e. The largest absolute Gasteiger partial charge is 0.338 e. The van der Waals surface area contributed by atoms with E-state index < -0.39 is 0 Å². The topological polar surface area (TPSA) is 39.1 Å². The summed E-state index contributed by atoms with van der Waals surface area (Å²) in [6.45, 7) is 1.58. The maximum absolute atomic E-state index is 11.7. The van der Waals surface area contributed by atoms with Crippen molar-refractivity contribution in [3.8, 4) is 0 Å². The highest BCUT2D eigenvalue weighted by Crippen LogP contribution is 2.38. The lowest BCUT2D eigenvalue weighted by Crippen LogP contribution is -2.15. The zero-order valence-electron chi connectivity index (χ0n) is 8.75. The summed E-state index contributed by atoms with van der Waals surface area (Å²) in [5, 5.41) is 0. The van der Waals surface area contributed by atoms with Crippen LogP contribution in [0.15, 0.2) is 6.07 Å². The van der Waals surface area contributed by atoms with E-state index in [0.717, 1.165) is 36.2 Å². The summed E-state index contributed by atoms with van der Waals surface area (Å²) in [6.07, 6.45) is 3.76. The molecule has 0 fully saturated rings. The fourth-order valence-electron chi connectivity index (χ4n) is 2.90. The van der Waals surface area contributed by atoms with E-state index in [-0.39, 0.29) is 11.6 Å². The average molecular weight is 203 g/mol. The third-order valence-electron chi connectivity index (χ3n) is 3.54. The molecule has 1 atom stereocenters. The van der Waals surface area contributed by atoms with Crippen LogP contribution < -0.4 is 0 Å². The molecule has 3 heterocycles. The molecule has 0 aliphatic carbocycles. The van der Waals surface area contributed by atoms with Crippen molar-refractivity contribution >= 4 is 11.6 Å². The Balaban J connectivity index is 2.25. The lowest BCUT2D eigenvalue weighted by molar-refractivity contribution is 0.0987. The Kier molecular flexibility index (Phi) is 1.67. The van der Waals surface area contributed by atoms with Crippen LogP contribution in [-0.4, -0.2) is 16.1 Å². The molecule has 3 nitrogen and oxygen atoms in total. The van der Waals surface area contributed by atoms with Crippen molar-refractivity contribution in [3.63, 3.8) is 0 Å². The first-order valence-electron chi connectivity index (χ1n) is 5.46. The first-order valence-corrected chi connectivity index (χ1v) is 5.46. The molecule has 0 saturated carbocycles. The van der Waals surface area contributed by atoms with Crippen LogP contribution in [0.25, 0.3) is 0 Å². The van der Waals surface area contributed by atoms with Gasteiger partial charge < -0.3 is 4.57 Å². The number of ketones is 2. The SMILES string of the molecule is CC(=O)c1cc2n3c1CCC[C@@H]3CC2=O. The van der Waals surface area contributed by atoms with Crippen molar-refractivity contribution < 1.29 is 9.59 Å².